The molecular formula is C8H9BrN2O. The van der Waals surface area contributed by atoms with Crippen LogP contribution in [0.5, 0.6) is 5.75 Å². The highest BCUT2D eigenvalue weighted by molar-refractivity contribution is 8.93. The third-order valence-electron chi connectivity index (χ3n) is 1.73. The number of aromatic nitrogens is 2. The van der Waals surface area contributed by atoms with Crippen molar-refractivity contribution in [3.05, 3.63) is 24.5 Å². The average Bonchev–Trinajstić information content (AvgIpc) is 2.35. The Labute approximate surface area is 80.4 Å². The Kier molecular flexibility index (Phi) is 2.38. The van der Waals surface area contributed by atoms with Crippen LogP contribution in [0, 0.1) is 0 Å². The van der Waals surface area contributed by atoms with Crippen LogP contribution in [0.3, 0.4) is 0 Å². The minimum Gasteiger partial charge on any atom is -0.506 e. The number of phenols is 1. The molecule has 4 heteroatoms. The summed E-state index contributed by atoms with van der Waals surface area (Å²) < 4.78 is 1.87. The van der Waals surface area contributed by atoms with E-state index in [1.807, 2.05) is 17.7 Å². The molecule has 0 bridgehead atoms. The first-order valence-electron chi connectivity index (χ1n) is 3.38. The third-order valence-corrected chi connectivity index (χ3v) is 1.73. The molecule has 1 aromatic heterocycles. The molecule has 2 rings (SSSR count). The SMILES string of the molecule is Br.Cn1cnc2c(O)cccc21. The predicted molar refractivity (Wildman–Crippen MR) is 52.7 cm³/mol. The standard InChI is InChI=1S/C8H8N2O.BrH/c1-10-5-9-8-6(10)3-2-4-7(8)11;/h2-5,11H,1H3;1H. The maximum atomic E-state index is 9.31. The summed E-state index contributed by atoms with van der Waals surface area (Å²) in [6, 6.07) is 5.36. The van der Waals surface area contributed by atoms with Gasteiger partial charge in [0.25, 0.3) is 0 Å². The van der Waals surface area contributed by atoms with Crippen molar-refractivity contribution in [1.29, 1.82) is 0 Å². The molecule has 0 amide bonds. The second-order valence-electron chi connectivity index (χ2n) is 2.50. The number of fused-ring (bicyclic) bond motifs is 1. The number of aryl methyl sites for hydroxylation is 1. The van der Waals surface area contributed by atoms with Crippen molar-refractivity contribution in [3.8, 4) is 5.75 Å². The Hall–Kier alpha value is -1.03. The fourth-order valence-corrected chi connectivity index (χ4v) is 1.14. The average molecular weight is 229 g/mol. The van der Waals surface area contributed by atoms with Crippen LogP contribution >= 0.6 is 17.0 Å². The molecule has 0 aliphatic rings. The summed E-state index contributed by atoms with van der Waals surface area (Å²) in [7, 11) is 1.90. The maximum Gasteiger partial charge on any atom is 0.143 e. The highest BCUT2D eigenvalue weighted by Crippen LogP contribution is 2.21. The molecule has 0 saturated carbocycles. The van der Waals surface area contributed by atoms with Crippen molar-refractivity contribution in [3.63, 3.8) is 0 Å². The van der Waals surface area contributed by atoms with E-state index in [4.69, 9.17) is 0 Å². The van der Waals surface area contributed by atoms with E-state index in [2.05, 4.69) is 4.98 Å². The van der Waals surface area contributed by atoms with Crippen LogP contribution in [-0.4, -0.2) is 14.7 Å². The van der Waals surface area contributed by atoms with Gasteiger partial charge in [0, 0.05) is 7.05 Å². The van der Waals surface area contributed by atoms with E-state index in [0.717, 1.165) is 5.52 Å². The van der Waals surface area contributed by atoms with Gasteiger partial charge in [0.15, 0.2) is 0 Å². The molecule has 0 spiro atoms. The molecule has 3 nitrogen and oxygen atoms in total. The summed E-state index contributed by atoms with van der Waals surface area (Å²) in [6.45, 7) is 0. The van der Waals surface area contributed by atoms with E-state index < -0.39 is 0 Å². The molecule has 2 aromatic rings. The van der Waals surface area contributed by atoms with Crippen molar-refractivity contribution in [1.82, 2.24) is 9.55 Å². The first-order chi connectivity index (χ1) is 5.29. The molecule has 0 unspecified atom stereocenters. The van der Waals surface area contributed by atoms with Crippen molar-refractivity contribution in [2.45, 2.75) is 0 Å². The Morgan fingerprint density at radius 3 is 2.83 bits per heavy atom. The van der Waals surface area contributed by atoms with Crippen LogP contribution in [0.25, 0.3) is 11.0 Å². The summed E-state index contributed by atoms with van der Waals surface area (Å²) in [4.78, 5) is 4.03. The number of nitrogens with zero attached hydrogens (tertiary/aromatic N) is 2. The molecular weight excluding hydrogens is 220 g/mol. The number of imidazole rings is 1. The van der Waals surface area contributed by atoms with Crippen molar-refractivity contribution in [2.24, 2.45) is 7.05 Å². The summed E-state index contributed by atoms with van der Waals surface area (Å²) in [5.41, 5.74) is 1.61. The van der Waals surface area contributed by atoms with Gasteiger partial charge in [0.1, 0.15) is 11.3 Å². The van der Waals surface area contributed by atoms with Gasteiger partial charge in [-0.05, 0) is 12.1 Å². The van der Waals surface area contributed by atoms with E-state index in [1.54, 1.807) is 18.5 Å². The monoisotopic (exact) mass is 228 g/mol. The number of halogens is 1. The van der Waals surface area contributed by atoms with Crippen LogP contribution < -0.4 is 0 Å². The first-order valence-corrected chi connectivity index (χ1v) is 3.38. The lowest BCUT2D eigenvalue weighted by Gasteiger charge is -1.93. The van der Waals surface area contributed by atoms with Gasteiger partial charge in [-0.15, -0.1) is 17.0 Å². The van der Waals surface area contributed by atoms with E-state index in [0.29, 0.717) is 5.52 Å². The zero-order chi connectivity index (χ0) is 7.84. The largest absolute Gasteiger partial charge is 0.506 e. The second kappa shape index (κ2) is 3.15. The van der Waals surface area contributed by atoms with Crippen molar-refractivity contribution in [2.75, 3.05) is 0 Å². The number of rotatable bonds is 0. The normalized spacial score (nSPS) is 9.75. The van der Waals surface area contributed by atoms with Gasteiger partial charge in [-0.25, -0.2) is 4.98 Å². The van der Waals surface area contributed by atoms with Crippen LogP contribution in [-0.2, 0) is 7.05 Å². The summed E-state index contributed by atoms with van der Waals surface area (Å²) in [6.07, 6.45) is 1.68. The molecule has 0 atom stereocenters. The lowest BCUT2D eigenvalue weighted by atomic mass is 10.3. The van der Waals surface area contributed by atoms with Crippen LogP contribution in [0.15, 0.2) is 24.5 Å². The molecule has 0 radical (unpaired) electrons. The molecule has 0 fully saturated rings. The Balaban J connectivity index is 0.000000720. The molecule has 12 heavy (non-hydrogen) atoms. The number of hydrogen-bond donors (Lipinski definition) is 1. The highest BCUT2D eigenvalue weighted by Gasteiger charge is 2.01. The zero-order valence-corrected chi connectivity index (χ0v) is 8.27. The third kappa shape index (κ3) is 1.18. The molecule has 0 aliphatic carbocycles. The lowest BCUT2D eigenvalue weighted by Crippen LogP contribution is -1.82. The van der Waals surface area contributed by atoms with Gasteiger partial charge < -0.3 is 9.67 Å². The van der Waals surface area contributed by atoms with Gasteiger partial charge in [0.2, 0.25) is 0 Å². The van der Waals surface area contributed by atoms with Gasteiger partial charge in [-0.3, -0.25) is 0 Å². The van der Waals surface area contributed by atoms with Crippen LogP contribution in [0.4, 0.5) is 0 Å². The fourth-order valence-electron chi connectivity index (χ4n) is 1.14. The molecule has 1 aromatic carbocycles. The smallest absolute Gasteiger partial charge is 0.143 e. The molecule has 64 valence electrons. The predicted octanol–water partition coefficient (Wildman–Crippen LogP) is 1.86. The highest BCUT2D eigenvalue weighted by atomic mass is 79.9. The van der Waals surface area contributed by atoms with E-state index in [1.165, 1.54) is 0 Å². The zero-order valence-electron chi connectivity index (χ0n) is 6.56. The topological polar surface area (TPSA) is 38.0 Å². The minimum absolute atomic E-state index is 0. The van der Waals surface area contributed by atoms with Gasteiger partial charge in [-0.1, -0.05) is 6.07 Å². The number of hydrogen-bond acceptors (Lipinski definition) is 2. The molecule has 1 heterocycles. The molecule has 0 aliphatic heterocycles. The van der Waals surface area contributed by atoms with Crippen molar-refractivity contribution >= 4 is 28.0 Å². The van der Waals surface area contributed by atoms with Gasteiger partial charge in [-0.2, -0.15) is 0 Å². The van der Waals surface area contributed by atoms with Crippen molar-refractivity contribution < 1.29 is 5.11 Å². The maximum absolute atomic E-state index is 9.31. The molecule has 0 saturated heterocycles. The second-order valence-corrected chi connectivity index (χ2v) is 2.50. The number of para-hydroxylation sites is 1. The summed E-state index contributed by atoms with van der Waals surface area (Å²) in [5, 5.41) is 9.31. The lowest BCUT2D eigenvalue weighted by molar-refractivity contribution is 0.480. The van der Waals surface area contributed by atoms with E-state index >= 15 is 0 Å². The van der Waals surface area contributed by atoms with Gasteiger partial charge in [0.05, 0.1) is 11.8 Å². The van der Waals surface area contributed by atoms with Gasteiger partial charge >= 0.3 is 0 Å². The minimum atomic E-state index is 0. The number of aromatic hydroxyl groups is 1. The number of benzene rings is 1. The Morgan fingerprint density at radius 1 is 1.42 bits per heavy atom. The first kappa shape index (κ1) is 9.06. The van der Waals surface area contributed by atoms with E-state index in [-0.39, 0.29) is 22.7 Å². The van der Waals surface area contributed by atoms with Crippen LogP contribution in [0.2, 0.25) is 0 Å². The summed E-state index contributed by atoms with van der Waals surface area (Å²) in [5.74, 6) is 0.239. The fraction of sp³-hybridized carbons (Fsp3) is 0.125. The van der Waals surface area contributed by atoms with Crippen LogP contribution in [0.1, 0.15) is 0 Å². The van der Waals surface area contributed by atoms with E-state index in [9.17, 15) is 5.11 Å². The Bertz CT molecular complexity index is 397. The summed E-state index contributed by atoms with van der Waals surface area (Å²) >= 11 is 0. The number of phenolic OH excluding ortho intramolecular Hbond substituents is 1. The molecule has 1 N–H and O–H groups in total. The Morgan fingerprint density at radius 2 is 2.17 bits per heavy atom. The quantitative estimate of drug-likeness (QED) is 0.748.